The summed E-state index contributed by atoms with van der Waals surface area (Å²) in [6, 6.07) is 20.0. The highest BCUT2D eigenvalue weighted by atomic mass is 35.5. The van der Waals surface area contributed by atoms with Gasteiger partial charge in [-0.1, -0.05) is 60.2 Å². The van der Waals surface area contributed by atoms with Gasteiger partial charge in [-0.05, 0) is 24.5 Å². The van der Waals surface area contributed by atoms with Crippen LogP contribution in [-0.4, -0.2) is 44.3 Å². The Labute approximate surface area is 157 Å². The maximum atomic E-state index is 5.42. The number of ether oxygens (including phenoxy) is 1. The van der Waals surface area contributed by atoms with Gasteiger partial charge in [-0.15, -0.1) is 12.4 Å². The van der Waals surface area contributed by atoms with Crippen molar-refractivity contribution in [3.63, 3.8) is 0 Å². The SMILES string of the molecule is Cc1ccc(C(Cc2ccccc2)NCCN2CCOCC2)cc1.Cl. The van der Waals surface area contributed by atoms with Gasteiger partial charge in [0.05, 0.1) is 13.2 Å². The Morgan fingerprint density at radius 2 is 1.68 bits per heavy atom. The minimum absolute atomic E-state index is 0. The number of halogens is 1. The van der Waals surface area contributed by atoms with Crippen LogP contribution in [0.4, 0.5) is 0 Å². The van der Waals surface area contributed by atoms with E-state index in [1.807, 2.05) is 0 Å². The average molecular weight is 361 g/mol. The fourth-order valence-electron chi connectivity index (χ4n) is 3.18. The molecule has 1 aliphatic rings. The quantitative estimate of drug-likeness (QED) is 0.816. The molecule has 1 heterocycles. The molecule has 0 amide bonds. The van der Waals surface area contributed by atoms with Gasteiger partial charge in [-0.3, -0.25) is 4.90 Å². The van der Waals surface area contributed by atoms with Gasteiger partial charge in [-0.25, -0.2) is 0 Å². The van der Waals surface area contributed by atoms with Crippen molar-refractivity contribution >= 4 is 12.4 Å². The van der Waals surface area contributed by atoms with E-state index in [4.69, 9.17) is 4.74 Å². The van der Waals surface area contributed by atoms with Crippen LogP contribution in [0.15, 0.2) is 54.6 Å². The third-order valence-corrected chi connectivity index (χ3v) is 4.68. The van der Waals surface area contributed by atoms with Crippen molar-refractivity contribution in [3.05, 3.63) is 71.3 Å². The second-order valence-electron chi connectivity index (χ2n) is 6.56. The molecule has 0 aliphatic carbocycles. The standard InChI is InChI=1S/C21H28N2O.ClH/c1-18-7-9-20(10-8-18)21(17-19-5-3-2-4-6-19)22-11-12-23-13-15-24-16-14-23;/h2-10,21-22H,11-17H2,1H3;1H. The minimum atomic E-state index is 0. The van der Waals surface area contributed by atoms with Gasteiger partial charge in [0.1, 0.15) is 0 Å². The zero-order valence-electron chi connectivity index (χ0n) is 15.0. The van der Waals surface area contributed by atoms with Gasteiger partial charge >= 0.3 is 0 Å². The van der Waals surface area contributed by atoms with E-state index in [1.165, 1.54) is 16.7 Å². The number of nitrogens with zero attached hydrogens (tertiary/aromatic N) is 1. The molecule has 0 spiro atoms. The summed E-state index contributed by atoms with van der Waals surface area (Å²) >= 11 is 0. The van der Waals surface area contributed by atoms with Crippen molar-refractivity contribution in [2.75, 3.05) is 39.4 Å². The first-order valence-electron chi connectivity index (χ1n) is 8.95. The lowest BCUT2D eigenvalue weighted by molar-refractivity contribution is 0.0381. The Bertz CT molecular complexity index is 597. The Morgan fingerprint density at radius 3 is 2.36 bits per heavy atom. The lowest BCUT2D eigenvalue weighted by atomic mass is 9.98. The molecule has 0 saturated carbocycles. The second kappa shape index (κ2) is 10.6. The van der Waals surface area contributed by atoms with Crippen LogP contribution in [0, 0.1) is 6.92 Å². The van der Waals surface area contributed by atoms with Gasteiger partial charge in [-0.2, -0.15) is 0 Å². The molecule has 2 aromatic rings. The molecule has 1 N–H and O–H groups in total. The van der Waals surface area contributed by atoms with Gasteiger partial charge < -0.3 is 10.1 Å². The maximum Gasteiger partial charge on any atom is 0.0594 e. The van der Waals surface area contributed by atoms with E-state index in [2.05, 4.69) is 71.7 Å². The number of hydrogen-bond acceptors (Lipinski definition) is 3. The van der Waals surface area contributed by atoms with E-state index in [-0.39, 0.29) is 12.4 Å². The van der Waals surface area contributed by atoms with Crippen LogP contribution in [0.2, 0.25) is 0 Å². The van der Waals surface area contributed by atoms with Crippen molar-refractivity contribution < 1.29 is 4.74 Å². The summed E-state index contributed by atoms with van der Waals surface area (Å²) in [5.74, 6) is 0. The summed E-state index contributed by atoms with van der Waals surface area (Å²) < 4.78 is 5.42. The Kier molecular flexibility index (Phi) is 8.42. The summed E-state index contributed by atoms with van der Waals surface area (Å²) in [6.07, 6.45) is 1.02. The molecule has 25 heavy (non-hydrogen) atoms. The smallest absolute Gasteiger partial charge is 0.0594 e. The van der Waals surface area contributed by atoms with Crippen LogP contribution in [0.25, 0.3) is 0 Å². The molecule has 1 unspecified atom stereocenters. The van der Waals surface area contributed by atoms with Crippen molar-refractivity contribution in [2.24, 2.45) is 0 Å². The highest BCUT2D eigenvalue weighted by molar-refractivity contribution is 5.85. The Balaban J connectivity index is 0.00000225. The van der Waals surface area contributed by atoms with E-state index in [9.17, 15) is 0 Å². The predicted molar refractivity (Wildman–Crippen MR) is 107 cm³/mol. The zero-order chi connectivity index (χ0) is 16.6. The van der Waals surface area contributed by atoms with Crippen molar-refractivity contribution in [1.29, 1.82) is 0 Å². The minimum Gasteiger partial charge on any atom is -0.379 e. The average Bonchev–Trinajstić information content (AvgIpc) is 2.63. The van der Waals surface area contributed by atoms with Crippen LogP contribution < -0.4 is 5.32 Å². The molecule has 1 atom stereocenters. The fourth-order valence-corrected chi connectivity index (χ4v) is 3.18. The molecule has 4 heteroatoms. The van der Waals surface area contributed by atoms with Crippen molar-refractivity contribution in [1.82, 2.24) is 10.2 Å². The molecule has 0 bridgehead atoms. The summed E-state index contributed by atoms with van der Waals surface area (Å²) in [5.41, 5.74) is 4.05. The monoisotopic (exact) mass is 360 g/mol. The molecule has 3 nitrogen and oxygen atoms in total. The molecule has 0 radical (unpaired) electrons. The molecular formula is C21H29ClN2O. The summed E-state index contributed by atoms with van der Waals surface area (Å²) in [5, 5.41) is 3.77. The van der Waals surface area contributed by atoms with Gasteiger partial charge in [0.25, 0.3) is 0 Å². The van der Waals surface area contributed by atoms with E-state index in [1.54, 1.807) is 0 Å². The van der Waals surface area contributed by atoms with Gasteiger partial charge in [0.2, 0.25) is 0 Å². The van der Waals surface area contributed by atoms with E-state index in [0.29, 0.717) is 6.04 Å². The van der Waals surface area contributed by atoms with E-state index < -0.39 is 0 Å². The van der Waals surface area contributed by atoms with Crippen molar-refractivity contribution in [3.8, 4) is 0 Å². The number of nitrogens with one attached hydrogen (secondary N) is 1. The third kappa shape index (κ3) is 6.44. The van der Waals surface area contributed by atoms with Crippen LogP contribution in [0.5, 0.6) is 0 Å². The molecule has 3 rings (SSSR count). The largest absolute Gasteiger partial charge is 0.379 e. The Hall–Kier alpha value is -1.39. The number of benzene rings is 2. The summed E-state index contributed by atoms with van der Waals surface area (Å²) in [7, 11) is 0. The first-order valence-corrected chi connectivity index (χ1v) is 8.95. The number of aryl methyl sites for hydroxylation is 1. The normalized spacial score (nSPS) is 16.2. The molecule has 1 aliphatic heterocycles. The topological polar surface area (TPSA) is 24.5 Å². The molecule has 1 fully saturated rings. The summed E-state index contributed by atoms with van der Waals surface area (Å²) in [6.45, 7) is 8.07. The maximum absolute atomic E-state index is 5.42. The first-order chi connectivity index (χ1) is 11.8. The first kappa shape index (κ1) is 19.9. The third-order valence-electron chi connectivity index (χ3n) is 4.68. The fraction of sp³-hybridized carbons (Fsp3) is 0.429. The van der Waals surface area contributed by atoms with Crippen LogP contribution in [-0.2, 0) is 11.2 Å². The number of morpholine rings is 1. The lowest BCUT2D eigenvalue weighted by Crippen LogP contribution is -2.41. The molecule has 0 aromatic heterocycles. The second-order valence-corrected chi connectivity index (χ2v) is 6.56. The molecule has 1 saturated heterocycles. The Morgan fingerprint density at radius 1 is 1.00 bits per heavy atom. The van der Waals surface area contributed by atoms with Crippen LogP contribution >= 0.6 is 12.4 Å². The van der Waals surface area contributed by atoms with E-state index in [0.717, 1.165) is 45.8 Å². The zero-order valence-corrected chi connectivity index (χ0v) is 15.8. The number of hydrogen-bond donors (Lipinski definition) is 1. The molecular weight excluding hydrogens is 332 g/mol. The van der Waals surface area contributed by atoms with Crippen LogP contribution in [0.3, 0.4) is 0 Å². The van der Waals surface area contributed by atoms with Crippen LogP contribution in [0.1, 0.15) is 22.7 Å². The lowest BCUT2D eigenvalue weighted by Gasteiger charge is -2.28. The molecule has 136 valence electrons. The highest BCUT2D eigenvalue weighted by Gasteiger charge is 2.14. The molecule has 2 aromatic carbocycles. The van der Waals surface area contributed by atoms with Gasteiger partial charge in [0.15, 0.2) is 0 Å². The highest BCUT2D eigenvalue weighted by Crippen LogP contribution is 2.19. The summed E-state index contributed by atoms with van der Waals surface area (Å²) in [4.78, 5) is 2.48. The predicted octanol–water partition coefficient (Wildman–Crippen LogP) is 3.62. The van der Waals surface area contributed by atoms with Crippen molar-refractivity contribution in [2.45, 2.75) is 19.4 Å². The number of rotatable bonds is 7. The van der Waals surface area contributed by atoms with E-state index >= 15 is 0 Å². The van der Waals surface area contributed by atoms with Gasteiger partial charge in [0, 0.05) is 32.2 Å².